The Hall–Kier alpha value is -1.79. The molecule has 4 rings (SSSR count). The van der Waals surface area contributed by atoms with Gasteiger partial charge in [0.2, 0.25) is 5.91 Å². The van der Waals surface area contributed by atoms with Gasteiger partial charge in [0.1, 0.15) is 19.3 Å². The van der Waals surface area contributed by atoms with E-state index in [1.807, 2.05) is 30.0 Å². The van der Waals surface area contributed by atoms with Crippen molar-refractivity contribution in [2.45, 2.75) is 44.8 Å². The number of nitrogens with one attached hydrogen (secondary N) is 2. The first-order chi connectivity index (χ1) is 11.7. The standard InChI is InChI=1S/C18H25N3O3/c1-2-21(18(22)15-10-14(19-20-15)13-4-5-13)11-12-3-6-16-17(9-12)24-8-7-23-16/h3,6,9,13-15,19-20H,2,4-5,7-8,10-11H2,1H3. The topological polar surface area (TPSA) is 62.8 Å². The number of ether oxygens (including phenoxy) is 2. The lowest BCUT2D eigenvalue weighted by Gasteiger charge is -2.25. The van der Waals surface area contributed by atoms with Crippen LogP contribution in [0.2, 0.25) is 0 Å². The number of carbonyl (C=O) groups is 1. The summed E-state index contributed by atoms with van der Waals surface area (Å²) in [6.45, 7) is 4.48. The molecule has 1 aliphatic carbocycles. The predicted molar refractivity (Wildman–Crippen MR) is 89.7 cm³/mol. The molecule has 24 heavy (non-hydrogen) atoms. The van der Waals surface area contributed by atoms with E-state index in [9.17, 15) is 4.79 Å². The highest BCUT2D eigenvalue weighted by atomic mass is 16.6. The van der Waals surface area contributed by atoms with E-state index in [1.54, 1.807) is 0 Å². The smallest absolute Gasteiger partial charge is 0.241 e. The maximum absolute atomic E-state index is 12.8. The predicted octanol–water partition coefficient (Wildman–Crippen LogP) is 1.45. The van der Waals surface area contributed by atoms with Gasteiger partial charge in [-0.3, -0.25) is 10.2 Å². The zero-order valence-corrected chi connectivity index (χ0v) is 14.1. The molecule has 6 heteroatoms. The molecule has 3 aliphatic rings. The summed E-state index contributed by atoms with van der Waals surface area (Å²) in [6.07, 6.45) is 3.46. The summed E-state index contributed by atoms with van der Waals surface area (Å²) in [6, 6.07) is 6.26. The van der Waals surface area contributed by atoms with Crippen LogP contribution in [0.25, 0.3) is 0 Å². The largest absolute Gasteiger partial charge is 0.486 e. The molecular formula is C18H25N3O3. The average Bonchev–Trinajstić information content (AvgIpc) is 3.36. The first-order valence-electron chi connectivity index (χ1n) is 8.93. The summed E-state index contributed by atoms with van der Waals surface area (Å²) in [5.41, 5.74) is 7.56. The first kappa shape index (κ1) is 15.7. The van der Waals surface area contributed by atoms with Crippen molar-refractivity contribution in [2.24, 2.45) is 5.92 Å². The molecular weight excluding hydrogens is 306 g/mol. The number of fused-ring (bicyclic) bond motifs is 1. The number of nitrogens with zero attached hydrogens (tertiary/aromatic N) is 1. The van der Waals surface area contributed by atoms with E-state index in [-0.39, 0.29) is 11.9 Å². The van der Waals surface area contributed by atoms with Gasteiger partial charge in [0, 0.05) is 19.1 Å². The third-order valence-corrected chi connectivity index (χ3v) is 5.10. The average molecular weight is 331 g/mol. The molecule has 0 radical (unpaired) electrons. The molecule has 2 atom stereocenters. The molecule has 2 aliphatic heterocycles. The molecule has 0 spiro atoms. The van der Waals surface area contributed by atoms with Crippen molar-refractivity contribution >= 4 is 5.91 Å². The van der Waals surface area contributed by atoms with Crippen molar-refractivity contribution in [2.75, 3.05) is 19.8 Å². The Morgan fingerprint density at radius 3 is 2.75 bits per heavy atom. The maximum atomic E-state index is 12.8. The van der Waals surface area contributed by atoms with Crippen LogP contribution in [-0.2, 0) is 11.3 Å². The van der Waals surface area contributed by atoms with Gasteiger partial charge in [0.05, 0.1) is 0 Å². The van der Waals surface area contributed by atoms with Crippen LogP contribution >= 0.6 is 0 Å². The van der Waals surface area contributed by atoms with Crippen LogP contribution in [0.15, 0.2) is 18.2 Å². The highest BCUT2D eigenvalue weighted by Gasteiger charge is 2.39. The molecule has 0 bridgehead atoms. The third kappa shape index (κ3) is 3.21. The minimum atomic E-state index is -0.118. The van der Waals surface area contributed by atoms with Gasteiger partial charge >= 0.3 is 0 Å². The molecule has 1 aromatic carbocycles. The number of amides is 1. The van der Waals surface area contributed by atoms with Gasteiger partial charge < -0.3 is 14.4 Å². The van der Waals surface area contributed by atoms with Crippen molar-refractivity contribution in [1.29, 1.82) is 0 Å². The second-order valence-electron chi connectivity index (χ2n) is 6.85. The van der Waals surface area contributed by atoms with E-state index < -0.39 is 0 Å². The highest BCUT2D eigenvalue weighted by Crippen LogP contribution is 2.36. The summed E-state index contributed by atoms with van der Waals surface area (Å²) in [7, 11) is 0. The van der Waals surface area contributed by atoms with Gasteiger partial charge in [0.15, 0.2) is 11.5 Å². The molecule has 6 nitrogen and oxygen atoms in total. The van der Waals surface area contributed by atoms with Gasteiger partial charge in [-0.25, -0.2) is 5.43 Å². The summed E-state index contributed by atoms with van der Waals surface area (Å²) >= 11 is 0. The highest BCUT2D eigenvalue weighted by molar-refractivity contribution is 5.82. The van der Waals surface area contributed by atoms with Gasteiger partial charge in [-0.15, -0.1) is 0 Å². The number of benzene rings is 1. The van der Waals surface area contributed by atoms with E-state index in [4.69, 9.17) is 9.47 Å². The third-order valence-electron chi connectivity index (χ3n) is 5.10. The van der Waals surface area contributed by atoms with E-state index >= 15 is 0 Å². The summed E-state index contributed by atoms with van der Waals surface area (Å²) in [5, 5.41) is 0. The van der Waals surface area contributed by atoms with E-state index in [2.05, 4.69) is 10.9 Å². The van der Waals surface area contributed by atoms with E-state index in [1.165, 1.54) is 12.8 Å². The van der Waals surface area contributed by atoms with Crippen molar-refractivity contribution in [3.8, 4) is 11.5 Å². The Morgan fingerprint density at radius 1 is 1.21 bits per heavy atom. The number of hydrogen-bond acceptors (Lipinski definition) is 5. The Bertz CT molecular complexity index is 618. The van der Waals surface area contributed by atoms with Gasteiger partial charge in [-0.05, 0) is 49.8 Å². The maximum Gasteiger partial charge on any atom is 0.241 e. The minimum absolute atomic E-state index is 0.118. The molecule has 1 aromatic rings. The lowest BCUT2D eigenvalue weighted by Crippen LogP contribution is -2.45. The number of likely N-dealkylation sites (N-methyl/N-ethyl adjacent to an activating group) is 1. The molecule has 130 valence electrons. The van der Waals surface area contributed by atoms with Crippen LogP contribution in [0.5, 0.6) is 11.5 Å². The van der Waals surface area contributed by atoms with E-state index in [0.717, 1.165) is 29.4 Å². The van der Waals surface area contributed by atoms with Crippen LogP contribution in [-0.4, -0.2) is 42.6 Å². The molecule has 0 aromatic heterocycles. The molecule has 2 N–H and O–H groups in total. The molecule has 2 heterocycles. The van der Waals surface area contributed by atoms with Crippen LogP contribution in [0.1, 0.15) is 31.7 Å². The van der Waals surface area contributed by atoms with Crippen molar-refractivity contribution in [1.82, 2.24) is 15.8 Å². The number of hydrogen-bond donors (Lipinski definition) is 2. The van der Waals surface area contributed by atoms with Gasteiger partial charge in [0.25, 0.3) is 0 Å². The lowest BCUT2D eigenvalue weighted by molar-refractivity contribution is -0.133. The van der Waals surface area contributed by atoms with Crippen molar-refractivity contribution < 1.29 is 14.3 Å². The second-order valence-corrected chi connectivity index (χ2v) is 6.85. The van der Waals surface area contributed by atoms with E-state index in [0.29, 0.717) is 32.3 Å². The Kier molecular flexibility index (Phi) is 4.33. The van der Waals surface area contributed by atoms with Crippen LogP contribution in [0.3, 0.4) is 0 Å². The van der Waals surface area contributed by atoms with Crippen LogP contribution in [0, 0.1) is 5.92 Å². The second kappa shape index (κ2) is 6.61. The van der Waals surface area contributed by atoms with Crippen LogP contribution in [0.4, 0.5) is 0 Å². The zero-order valence-electron chi connectivity index (χ0n) is 14.1. The normalized spacial score (nSPS) is 25.5. The molecule has 1 saturated carbocycles. The number of hydrazine groups is 1. The fourth-order valence-corrected chi connectivity index (χ4v) is 3.52. The molecule has 2 fully saturated rings. The monoisotopic (exact) mass is 331 g/mol. The van der Waals surface area contributed by atoms with Crippen LogP contribution < -0.4 is 20.3 Å². The summed E-state index contributed by atoms with van der Waals surface area (Å²) in [4.78, 5) is 14.7. The Morgan fingerprint density at radius 2 is 2.00 bits per heavy atom. The Balaban J connectivity index is 1.41. The zero-order chi connectivity index (χ0) is 16.5. The molecule has 2 unspecified atom stereocenters. The Labute approximate surface area is 142 Å². The fraction of sp³-hybridized carbons (Fsp3) is 0.611. The quantitative estimate of drug-likeness (QED) is 0.855. The lowest BCUT2D eigenvalue weighted by atomic mass is 10.0. The van der Waals surface area contributed by atoms with Crippen molar-refractivity contribution in [3.63, 3.8) is 0 Å². The minimum Gasteiger partial charge on any atom is -0.486 e. The summed E-state index contributed by atoms with van der Waals surface area (Å²) < 4.78 is 11.2. The SMILES string of the molecule is CCN(Cc1ccc2c(c1)OCCO2)C(=O)C1CC(C2CC2)NN1. The molecule has 1 amide bonds. The summed E-state index contributed by atoms with van der Waals surface area (Å²) in [5.74, 6) is 2.48. The number of carbonyl (C=O) groups excluding carboxylic acids is 1. The van der Waals surface area contributed by atoms with Gasteiger partial charge in [-0.2, -0.15) is 0 Å². The fourth-order valence-electron chi connectivity index (χ4n) is 3.52. The number of rotatable bonds is 5. The molecule has 1 saturated heterocycles. The van der Waals surface area contributed by atoms with Crippen molar-refractivity contribution in [3.05, 3.63) is 23.8 Å². The van der Waals surface area contributed by atoms with Gasteiger partial charge in [-0.1, -0.05) is 6.07 Å². The first-order valence-corrected chi connectivity index (χ1v) is 8.93.